The zero-order valence-corrected chi connectivity index (χ0v) is 8.37. The van der Waals surface area contributed by atoms with Crippen molar-refractivity contribution in [2.45, 2.75) is 24.3 Å². The number of aryl methyl sites for hydroxylation is 1. The molecule has 2 nitrogen and oxygen atoms in total. The van der Waals surface area contributed by atoms with Gasteiger partial charge in [0.2, 0.25) is 0 Å². The third kappa shape index (κ3) is 2.28. The highest BCUT2D eigenvalue weighted by Crippen LogP contribution is 2.02. The summed E-state index contributed by atoms with van der Waals surface area (Å²) in [6, 6.07) is 0. The molecule has 0 spiro atoms. The van der Waals surface area contributed by atoms with E-state index in [1.54, 1.807) is 0 Å². The van der Waals surface area contributed by atoms with Gasteiger partial charge in [-0.25, -0.2) is 0 Å². The Bertz CT molecular complexity index is 205. The minimum absolute atomic E-state index is 0.650. The van der Waals surface area contributed by atoms with Crippen LogP contribution in [0.15, 0.2) is 12.4 Å². The van der Waals surface area contributed by atoms with Crippen molar-refractivity contribution in [3.63, 3.8) is 0 Å². The van der Waals surface area contributed by atoms with E-state index in [2.05, 4.69) is 47.7 Å². The van der Waals surface area contributed by atoms with Gasteiger partial charge in [0.25, 0.3) is 0 Å². The second kappa shape index (κ2) is 3.37. The van der Waals surface area contributed by atoms with Crippen LogP contribution in [0.25, 0.3) is 0 Å². The summed E-state index contributed by atoms with van der Waals surface area (Å²) in [6.45, 7) is 5.24. The molecule has 0 aromatic carbocycles. The van der Waals surface area contributed by atoms with E-state index >= 15 is 0 Å². The average Bonchev–Trinajstić information content (AvgIpc) is 2.13. The molecule has 0 saturated carbocycles. The lowest BCUT2D eigenvalue weighted by molar-refractivity contribution is 0.622. The van der Waals surface area contributed by atoms with Gasteiger partial charge in [0.05, 0.1) is 12.7 Å². The monoisotopic (exact) mass is 250 g/mol. The van der Waals surface area contributed by atoms with Crippen molar-refractivity contribution in [3.05, 3.63) is 18.0 Å². The molecule has 3 heteroatoms. The van der Waals surface area contributed by atoms with E-state index in [0.717, 1.165) is 6.54 Å². The second-order valence-electron chi connectivity index (χ2n) is 2.52. The van der Waals surface area contributed by atoms with Crippen molar-refractivity contribution in [1.82, 2.24) is 9.78 Å². The third-order valence-corrected chi connectivity index (χ3v) is 1.59. The number of hydrogen-bond donors (Lipinski definition) is 0. The number of aromatic nitrogens is 2. The maximum absolute atomic E-state index is 4.17. The molecule has 1 aromatic rings. The van der Waals surface area contributed by atoms with E-state index < -0.39 is 0 Å². The summed E-state index contributed by atoms with van der Waals surface area (Å²) in [5.74, 6) is 0. The van der Waals surface area contributed by atoms with Crippen molar-refractivity contribution in [1.29, 1.82) is 0 Å². The predicted molar refractivity (Wildman–Crippen MR) is 50.4 cm³/mol. The lowest BCUT2D eigenvalue weighted by Crippen LogP contribution is -2.05. The fraction of sp³-hybridized carbons (Fsp3) is 0.571. The molecule has 56 valence electrons. The number of nitrogens with zero attached hydrogens (tertiary/aromatic N) is 2. The lowest BCUT2D eigenvalue weighted by atomic mass is 10.4. The molecule has 1 heterocycles. The summed E-state index contributed by atoms with van der Waals surface area (Å²) in [7, 11) is 0. The van der Waals surface area contributed by atoms with Crippen LogP contribution in [0.2, 0.25) is 0 Å². The van der Waals surface area contributed by atoms with Crippen LogP contribution in [0.1, 0.15) is 12.5 Å². The fourth-order valence-electron chi connectivity index (χ4n) is 0.825. The van der Waals surface area contributed by atoms with Crippen LogP contribution >= 0.6 is 22.6 Å². The molecule has 1 atom stereocenters. The predicted octanol–water partition coefficient (Wildman–Crippen LogP) is 2.02. The zero-order valence-electron chi connectivity index (χ0n) is 6.21. The summed E-state index contributed by atoms with van der Waals surface area (Å²) < 4.78 is 2.63. The SMILES string of the molecule is Cc1cnn(C[C@@H](C)I)c1. The number of alkyl halides is 1. The van der Waals surface area contributed by atoms with Crippen LogP contribution in [0.4, 0.5) is 0 Å². The Morgan fingerprint density at radius 3 is 2.90 bits per heavy atom. The van der Waals surface area contributed by atoms with Crippen molar-refractivity contribution in [2.24, 2.45) is 0 Å². The number of hydrogen-bond acceptors (Lipinski definition) is 1. The highest BCUT2D eigenvalue weighted by atomic mass is 127. The standard InChI is InChI=1S/C7H11IN2/c1-6-3-9-10(4-6)5-7(2)8/h3-4,7H,5H2,1-2H3/t7-/m1/s1. The number of rotatable bonds is 2. The van der Waals surface area contributed by atoms with E-state index in [9.17, 15) is 0 Å². The van der Waals surface area contributed by atoms with Gasteiger partial charge < -0.3 is 0 Å². The van der Waals surface area contributed by atoms with Gasteiger partial charge in [0.1, 0.15) is 0 Å². The van der Waals surface area contributed by atoms with Gasteiger partial charge in [-0.2, -0.15) is 5.10 Å². The molecule has 0 unspecified atom stereocenters. The van der Waals surface area contributed by atoms with Crippen LogP contribution < -0.4 is 0 Å². The van der Waals surface area contributed by atoms with Crippen molar-refractivity contribution < 1.29 is 0 Å². The Labute approximate surface area is 74.8 Å². The summed E-state index contributed by atoms with van der Waals surface area (Å²) in [4.78, 5) is 0. The van der Waals surface area contributed by atoms with Crippen molar-refractivity contribution in [2.75, 3.05) is 0 Å². The molecule has 0 bridgehead atoms. The quantitative estimate of drug-likeness (QED) is 0.580. The Hall–Kier alpha value is -0.0600. The first kappa shape index (κ1) is 8.04. The van der Waals surface area contributed by atoms with Crippen LogP contribution in [0.5, 0.6) is 0 Å². The fourth-order valence-corrected chi connectivity index (χ4v) is 1.23. The molecule has 0 amide bonds. The van der Waals surface area contributed by atoms with Gasteiger partial charge in [-0.3, -0.25) is 4.68 Å². The topological polar surface area (TPSA) is 17.8 Å². The molecule has 0 fully saturated rings. The third-order valence-electron chi connectivity index (χ3n) is 1.20. The minimum Gasteiger partial charge on any atom is -0.271 e. The second-order valence-corrected chi connectivity index (χ2v) is 4.65. The van der Waals surface area contributed by atoms with Crippen LogP contribution in [-0.2, 0) is 6.54 Å². The van der Waals surface area contributed by atoms with Gasteiger partial charge >= 0.3 is 0 Å². The van der Waals surface area contributed by atoms with E-state index in [0.29, 0.717) is 3.92 Å². The molecule has 0 radical (unpaired) electrons. The Kier molecular flexibility index (Phi) is 2.71. The Morgan fingerprint density at radius 2 is 2.50 bits per heavy atom. The molecule has 1 aromatic heterocycles. The zero-order chi connectivity index (χ0) is 7.56. The van der Waals surface area contributed by atoms with Gasteiger partial charge in [0.15, 0.2) is 0 Å². The van der Waals surface area contributed by atoms with Crippen LogP contribution in [-0.4, -0.2) is 13.7 Å². The van der Waals surface area contributed by atoms with Crippen LogP contribution in [0, 0.1) is 6.92 Å². The first-order chi connectivity index (χ1) is 4.68. The van der Waals surface area contributed by atoms with Crippen molar-refractivity contribution in [3.8, 4) is 0 Å². The summed E-state index contributed by atoms with van der Waals surface area (Å²) in [5.41, 5.74) is 1.23. The molecule has 0 aliphatic heterocycles. The maximum atomic E-state index is 4.17. The highest BCUT2D eigenvalue weighted by molar-refractivity contribution is 14.1. The molecule has 0 aliphatic rings. The van der Waals surface area contributed by atoms with E-state index in [-0.39, 0.29) is 0 Å². The summed E-state index contributed by atoms with van der Waals surface area (Å²) >= 11 is 2.39. The van der Waals surface area contributed by atoms with Gasteiger partial charge in [-0.1, -0.05) is 29.5 Å². The van der Waals surface area contributed by atoms with E-state index in [1.165, 1.54) is 5.56 Å². The average molecular weight is 250 g/mol. The van der Waals surface area contributed by atoms with Crippen LogP contribution in [0.3, 0.4) is 0 Å². The van der Waals surface area contributed by atoms with E-state index in [4.69, 9.17) is 0 Å². The lowest BCUT2D eigenvalue weighted by Gasteiger charge is -2.01. The van der Waals surface area contributed by atoms with Gasteiger partial charge in [0, 0.05) is 10.1 Å². The Balaban J connectivity index is 2.58. The molecular formula is C7H11IN2. The van der Waals surface area contributed by atoms with E-state index in [1.807, 2.05) is 10.9 Å². The smallest absolute Gasteiger partial charge is 0.0524 e. The van der Waals surface area contributed by atoms with Gasteiger partial charge in [-0.15, -0.1) is 0 Å². The molecule has 0 aliphatic carbocycles. The highest BCUT2D eigenvalue weighted by Gasteiger charge is 1.97. The normalized spacial score (nSPS) is 13.5. The minimum atomic E-state index is 0.650. The molecule has 0 saturated heterocycles. The number of halogens is 1. The first-order valence-corrected chi connectivity index (χ1v) is 4.56. The Morgan fingerprint density at radius 1 is 1.80 bits per heavy atom. The summed E-state index contributed by atoms with van der Waals surface area (Å²) in [5, 5.41) is 4.17. The maximum Gasteiger partial charge on any atom is 0.0524 e. The molecule has 0 N–H and O–H groups in total. The molecular weight excluding hydrogens is 239 g/mol. The molecule has 10 heavy (non-hydrogen) atoms. The van der Waals surface area contributed by atoms with Crippen molar-refractivity contribution >= 4 is 22.6 Å². The molecule has 1 rings (SSSR count). The largest absolute Gasteiger partial charge is 0.271 e. The summed E-state index contributed by atoms with van der Waals surface area (Å²) in [6.07, 6.45) is 3.95. The first-order valence-electron chi connectivity index (χ1n) is 3.31. The van der Waals surface area contributed by atoms with Gasteiger partial charge in [-0.05, 0) is 12.5 Å².